The van der Waals surface area contributed by atoms with Crippen molar-refractivity contribution in [2.75, 3.05) is 7.05 Å². The van der Waals surface area contributed by atoms with Gasteiger partial charge in [0, 0.05) is 12.6 Å². The van der Waals surface area contributed by atoms with Crippen LogP contribution in [0.15, 0.2) is 24.3 Å². The summed E-state index contributed by atoms with van der Waals surface area (Å²) < 4.78 is 0. The molecule has 0 heterocycles. The van der Waals surface area contributed by atoms with E-state index in [1.54, 1.807) is 5.19 Å². The highest BCUT2D eigenvalue weighted by atomic mass is 28.3. The van der Waals surface area contributed by atoms with Crippen LogP contribution in [0, 0.1) is 0 Å². The maximum Gasteiger partial charge on any atom is 0.0775 e. The van der Waals surface area contributed by atoms with Gasteiger partial charge in [-0.2, -0.15) is 0 Å². The molecule has 0 amide bonds. The molecule has 112 valence electrons. The molecule has 0 bridgehead atoms. The van der Waals surface area contributed by atoms with E-state index in [0.29, 0.717) is 0 Å². The van der Waals surface area contributed by atoms with Gasteiger partial charge >= 0.3 is 0 Å². The van der Waals surface area contributed by atoms with Crippen molar-refractivity contribution in [3.8, 4) is 0 Å². The average molecular weight is 290 g/mol. The van der Waals surface area contributed by atoms with E-state index in [-0.39, 0.29) is 0 Å². The average Bonchev–Trinajstić information content (AvgIpc) is 2.67. The monoisotopic (exact) mass is 289 g/mol. The van der Waals surface area contributed by atoms with E-state index >= 15 is 0 Å². The first kappa shape index (κ1) is 15.8. The Balaban J connectivity index is 1.95. The fraction of sp³-hybridized carbons (Fsp3) is 0.667. The molecule has 1 aliphatic rings. The molecule has 1 fully saturated rings. The van der Waals surface area contributed by atoms with Crippen molar-refractivity contribution >= 4 is 13.3 Å². The molecule has 0 saturated heterocycles. The first-order chi connectivity index (χ1) is 9.47. The van der Waals surface area contributed by atoms with Crippen LogP contribution in [0.3, 0.4) is 0 Å². The van der Waals surface area contributed by atoms with Crippen molar-refractivity contribution < 1.29 is 0 Å². The lowest BCUT2D eigenvalue weighted by Gasteiger charge is -2.27. The van der Waals surface area contributed by atoms with Gasteiger partial charge in [0.2, 0.25) is 0 Å². The minimum atomic E-state index is -1.15. The Bertz CT molecular complexity index is 396. The predicted octanol–water partition coefficient (Wildman–Crippen LogP) is 4.39. The van der Waals surface area contributed by atoms with Crippen molar-refractivity contribution in [3.63, 3.8) is 0 Å². The van der Waals surface area contributed by atoms with Crippen LogP contribution in [0.1, 0.15) is 44.1 Å². The molecule has 1 saturated carbocycles. The molecule has 2 heteroatoms. The van der Waals surface area contributed by atoms with Gasteiger partial charge in [0.15, 0.2) is 0 Å². The Hall–Kier alpha value is -0.603. The van der Waals surface area contributed by atoms with Crippen molar-refractivity contribution in [2.24, 2.45) is 0 Å². The van der Waals surface area contributed by atoms with Crippen LogP contribution in [0.5, 0.6) is 0 Å². The number of hydrogen-bond donors (Lipinski definition) is 0. The number of benzene rings is 1. The van der Waals surface area contributed by atoms with Gasteiger partial charge in [0.05, 0.1) is 8.07 Å². The molecule has 1 aromatic rings. The lowest BCUT2D eigenvalue weighted by atomic mass is 10.1. The Morgan fingerprint density at radius 3 is 2.00 bits per heavy atom. The largest absolute Gasteiger partial charge is 0.299 e. The molecule has 20 heavy (non-hydrogen) atoms. The highest BCUT2D eigenvalue weighted by molar-refractivity contribution is 6.88. The van der Waals surface area contributed by atoms with Crippen LogP contribution in [0.4, 0.5) is 0 Å². The molecule has 1 nitrogen and oxygen atoms in total. The third-order valence-electron chi connectivity index (χ3n) is 4.70. The van der Waals surface area contributed by atoms with E-state index in [1.807, 2.05) is 0 Å². The van der Waals surface area contributed by atoms with Gasteiger partial charge in [-0.3, -0.25) is 4.90 Å². The van der Waals surface area contributed by atoms with E-state index in [1.165, 1.54) is 44.1 Å². The molecule has 0 radical (unpaired) electrons. The van der Waals surface area contributed by atoms with Gasteiger partial charge in [0.25, 0.3) is 0 Å². The lowest BCUT2D eigenvalue weighted by molar-refractivity contribution is 0.213. The minimum Gasteiger partial charge on any atom is -0.299 e. The third-order valence-corrected chi connectivity index (χ3v) is 6.77. The molecule has 0 aromatic heterocycles. The zero-order chi connectivity index (χ0) is 14.6. The second-order valence-corrected chi connectivity index (χ2v) is 12.6. The molecular weight excluding hydrogens is 258 g/mol. The summed E-state index contributed by atoms with van der Waals surface area (Å²) in [7, 11) is 1.16. The van der Waals surface area contributed by atoms with E-state index in [9.17, 15) is 0 Å². The number of hydrogen-bond acceptors (Lipinski definition) is 1. The quantitative estimate of drug-likeness (QED) is 0.587. The van der Waals surface area contributed by atoms with Crippen molar-refractivity contribution in [1.82, 2.24) is 4.90 Å². The van der Waals surface area contributed by atoms with Gasteiger partial charge in [-0.15, -0.1) is 0 Å². The van der Waals surface area contributed by atoms with Crippen molar-refractivity contribution in [3.05, 3.63) is 29.8 Å². The Kier molecular flexibility index (Phi) is 5.45. The van der Waals surface area contributed by atoms with Gasteiger partial charge in [-0.05, 0) is 25.5 Å². The fourth-order valence-electron chi connectivity index (χ4n) is 3.23. The highest BCUT2D eigenvalue weighted by Crippen LogP contribution is 2.22. The summed E-state index contributed by atoms with van der Waals surface area (Å²) in [6, 6.07) is 10.2. The summed E-state index contributed by atoms with van der Waals surface area (Å²) in [6.07, 6.45) is 8.50. The maximum absolute atomic E-state index is 2.58. The molecule has 0 atom stereocenters. The molecule has 1 aliphatic carbocycles. The predicted molar refractivity (Wildman–Crippen MR) is 92.4 cm³/mol. The molecule has 2 rings (SSSR count). The van der Waals surface area contributed by atoms with Crippen LogP contribution in [-0.2, 0) is 6.54 Å². The minimum absolute atomic E-state index is 0.800. The standard InChI is InChI=1S/C18H31NSi/c1-19(17-9-7-5-6-8-10-17)15-16-11-13-18(14-12-16)20(2,3)4/h11-14,17H,5-10,15H2,1-4H3. The highest BCUT2D eigenvalue weighted by Gasteiger charge is 2.18. The second-order valence-electron chi connectivity index (χ2n) is 7.51. The van der Waals surface area contributed by atoms with Crippen LogP contribution < -0.4 is 5.19 Å². The number of nitrogens with zero attached hydrogens (tertiary/aromatic N) is 1. The van der Waals surface area contributed by atoms with Gasteiger partial charge < -0.3 is 0 Å². The molecule has 0 N–H and O–H groups in total. The van der Waals surface area contributed by atoms with Crippen LogP contribution >= 0.6 is 0 Å². The van der Waals surface area contributed by atoms with Crippen LogP contribution in [0.2, 0.25) is 19.6 Å². The van der Waals surface area contributed by atoms with Crippen molar-refractivity contribution in [1.29, 1.82) is 0 Å². The normalized spacial score (nSPS) is 18.2. The van der Waals surface area contributed by atoms with E-state index in [4.69, 9.17) is 0 Å². The smallest absolute Gasteiger partial charge is 0.0775 e. The second kappa shape index (κ2) is 6.90. The Morgan fingerprint density at radius 1 is 0.950 bits per heavy atom. The number of rotatable bonds is 4. The summed E-state index contributed by atoms with van der Waals surface area (Å²) in [5.41, 5.74) is 1.47. The van der Waals surface area contributed by atoms with Crippen LogP contribution in [-0.4, -0.2) is 26.1 Å². The van der Waals surface area contributed by atoms with E-state index in [0.717, 1.165) is 12.6 Å². The molecule has 0 aliphatic heterocycles. The van der Waals surface area contributed by atoms with Gasteiger partial charge in [-0.1, -0.05) is 74.8 Å². The zero-order valence-corrected chi connectivity index (χ0v) is 14.8. The lowest BCUT2D eigenvalue weighted by Crippen LogP contribution is -2.37. The van der Waals surface area contributed by atoms with Crippen molar-refractivity contribution in [2.45, 2.75) is 70.8 Å². The summed E-state index contributed by atoms with van der Waals surface area (Å²) >= 11 is 0. The molecular formula is C18H31NSi. The summed E-state index contributed by atoms with van der Waals surface area (Å²) in [6.45, 7) is 8.36. The summed E-state index contributed by atoms with van der Waals surface area (Å²) in [5.74, 6) is 0. The SMILES string of the molecule is CN(Cc1ccc([Si](C)(C)C)cc1)C1CCCCCC1. The maximum atomic E-state index is 2.58. The Labute approximate surface area is 126 Å². The summed E-state index contributed by atoms with van der Waals surface area (Å²) in [4.78, 5) is 2.58. The summed E-state index contributed by atoms with van der Waals surface area (Å²) in [5, 5.41) is 1.57. The molecule has 0 spiro atoms. The first-order valence-electron chi connectivity index (χ1n) is 8.26. The zero-order valence-electron chi connectivity index (χ0n) is 13.8. The van der Waals surface area contributed by atoms with E-state index < -0.39 is 8.07 Å². The van der Waals surface area contributed by atoms with Gasteiger partial charge in [-0.25, -0.2) is 0 Å². The molecule has 0 unspecified atom stereocenters. The van der Waals surface area contributed by atoms with Crippen LogP contribution in [0.25, 0.3) is 0 Å². The molecule has 1 aromatic carbocycles. The van der Waals surface area contributed by atoms with E-state index in [2.05, 4.69) is 55.9 Å². The Morgan fingerprint density at radius 2 is 1.50 bits per heavy atom. The van der Waals surface area contributed by atoms with Gasteiger partial charge in [0.1, 0.15) is 0 Å². The third kappa shape index (κ3) is 4.46. The topological polar surface area (TPSA) is 3.24 Å². The fourth-order valence-corrected chi connectivity index (χ4v) is 4.39. The first-order valence-corrected chi connectivity index (χ1v) is 11.8.